The smallest absolute Gasteiger partial charge is 0.411 e. The number of aryl methyl sites for hydroxylation is 1. The SMILES string of the molecule is COCOc1cc(-c2c(F)cc3c(N4C[C@H]5CC[C@@](C)(C4)N5C(=O)OC(C)(C)C)nc(OC[C@]4(CN(C)CCCOCCC(=O)N[C@H](C(=O)N5C[C@H](O)C[C@H]5C(=O)NCc5ccc(-c6scnc6C)cc5)C(C)(C)C)CC4(F)F)nc3c2F)c2c(C#C[Si](C(C)C)(C(C)C)C(C)C)cccc2c1. The van der Waals surface area contributed by atoms with Crippen molar-refractivity contribution in [3.05, 3.63) is 94.6 Å². The first-order chi connectivity index (χ1) is 48.0. The van der Waals surface area contributed by atoms with Crippen LogP contribution in [0.15, 0.2) is 66.2 Å². The molecule has 25 heteroatoms. The van der Waals surface area contributed by atoms with Crippen LogP contribution in [0.2, 0.25) is 16.6 Å². The van der Waals surface area contributed by atoms with Gasteiger partial charge in [0.2, 0.25) is 17.7 Å². The normalized spacial score (nSPS) is 20.8. The standard InChI is InChI=1S/C77H101F4N9O10SSi/c1-46(2)102(47(3)4,48(5)6)32-27-51-19-17-20-53-33-56(99-45-96-16)35-57(62(51)53)63-59(78)36-58-65(64(63)79)85-71(86-68(58)88-38-54-25-28-75(14,41-88)90(54)72(95)100-74(11,12)13)98-43-76(40-77(76,80)81)42-87(15)29-18-30-97-31-26-61(92)84-67(73(8,9)10)70(94)89-39-55(91)34-60(89)69(93)82-37-50-21-23-52(24-22-50)66-49(7)83-44-101-66/h17,19-24,33,35-36,44,46-48,54-55,60,67,91H,18,25-26,28-31,34,37-43,45H2,1-16H3,(H,82,93)(H,84,92)/t54-,55-,60+,67-,75+,76-/m1/s1. The van der Waals surface area contributed by atoms with Crippen LogP contribution in [0.3, 0.4) is 0 Å². The van der Waals surface area contributed by atoms with Crippen LogP contribution in [0.25, 0.3) is 43.2 Å². The van der Waals surface area contributed by atoms with Gasteiger partial charge in [-0.25, -0.2) is 27.3 Å². The number of amides is 4. The maximum atomic E-state index is 18.4. The number of carbonyl (C=O) groups is 4. The van der Waals surface area contributed by atoms with Crippen molar-refractivity contribution >= 4 is 70.7 Å². The van der Waals surface area contributed by atoms with E-state index in [-0.39, 0.29) is 99.6 Å². The minimum atomic E-state index is -3.17. The molecular formula is C77H101F4N9O10SSi. The quantitative estimate of drug-likeness (QED) is 0.0152. The van der Waals surface area contributed by atoms with Gasteiger partial charge in [-0.3, -0.25) is 19.3 Å². The number of likely N-dealkylation sites (tertiary alicyclic amines) is 1. The molecule has 4 aliphatic rings. The van der Waals surface area contributed by atoms with E-state index >= 15 is 17.6 Å². The van der Waals surface area contributed by atoms with E-state index in [9.17, 15) is 24.3 Å². The highest BCUT2D eigenvalue weighted by atomic mass is 32.1. The first-order valence-electron chi connectivity index (χ1n) is 35.5. The molecule has 4 fully saturated rings. The predicted octanol–water partition coefficient (Wildman–Crippen LogP) is 13.6. The lowest BCUT2D eigenvalue weighted by atomic mass is 9.85. The molecule has 4 aromatic carbocycles. The number of ether oxygens (including phenoxy) is 5. The summed E-state index contributed by atoms with van der Waals surface area (Å²) in [6.07, 6.45) is -0.375. The van der Waals surface area contributed by atoms with Crippen molar-refractivity contribution in [1.29, 1.82) is 0 Å². The molecule has 4 amide bonds. The number of β-amino-alcohol motifs (C(OH)–C–C–N with tert-alkyl or cyclic N) is 1. The van der Waals surface area contributed by atoms with Crippen LogP contribution in [-0.2, 0) is 35.1 Å². The van der Waals surface area contributed by atoms with Crippen molar-refractivity contribution in [2.75, 3.05) is 78.4 Å². The molecule has 102 heavy (non-hydrogen) atoms. The van der Waals surface area contributed by atoms with Crippen LogP contribution in [0.5, 0.6) is 11.8 Å². The van der Waals surface area contributed by atoms with E-state index in [1.807, 2.05) is 61.2 Å². The Labute approximate surface area is 602 Å². The first-order valence-corrected chi connectivity index (χ1v) is 38.6. The summed E-state index contributed by atoms with van der Waals surface area (Å²) in [5.74, 6) is -2.58. The molecule has 552 valence electrons. The Balaban J connectivity index is 0.837. The third-order valence-corrected chi connectivity index (χ3v) is 28.0. The zero-order chi connectivity index (χ0) is 74.2. The minimum Gasteiger partial charge on any atom is -0.468 e. The summed E-state index contributed by atoms with van der Waals surface area (Å²) < 4.78 is 97.4. The molecule has 5 heterocycles. The summed E-state index contributed by atoms with van der Waals surface area (Å²) in [6.45, 7) is 28.2. The molecule has 19 nitrogen and oxygen atoms in total. The minimum absolute atomic E-state index is 0.00478. The number of hydrogen-bond donors (Lipinski definition) is 3. The fourth-order valence-corrected chi connectivity index (χ4v) is 21.6. The molecular weight excluding hydrogens is 1350 g/mol. The lowest BCUT2D eigenvalue weighted by Gasteiger charge is -2.47. The number of anilines is 1. The molecule has 6 aromatic rings. The largest absolute Gasteiger partial charge is 0.468 e. The molecule has 10 rings (SSSR count). The number of nitrogens with one attached hydrogen (secondary N) is 2. The lowest BCUT2D eigenvalue weighted by Crippen LogP contribution is -2.63. The van der Waals surface area contributed by atoms with Gasteiger partial charge in [-0.05, 0) is 124 Å². The fourth-order valence-electron chi connectivity index (χ4n) is 15.6. The lowest BCUT2D eigenvalue weighted by molar-refractivity contribution is -0.144. The van der Waals surface area contributed by atoms with E-state index in [0.717, 1.165) is 21.7 Å². The van der Waals surface area contributed by atoms with Gasteiger partial charge in [-0.2, -0.15) is 9.97 Å². The third kappa shape index (κ3) is 16.5. The zero-order valence-electron chi connectivity index (χ0n) is 61.9. The molecule has 1 aliphatic carbocycles. The summed E-state index contributed by atoms with van der Waals surface area (Å²) in [4.78, 5) is 76.9. The second kappa shape index (κ2) is 30.7. The summed E-state index contributed by atoms with van der Waals surface area (Å²) in [7, 11) is 0.855. The highest BCUT2D eigenvalue weighted by molar-refractivity contribution is 7.13. The second-order valence-corrected chi connectivity index (χ2v) is 38.0. The highest BCUT2D eigenvalue weighted by Crippen LogP contribution is 2.61. The van der Waals surface area contributed by atoms with E-state index in [4.69, 9.17) is 28.7 Å². The number of thiazole rings is 1. The predicted molar refractivity (Wildman–Crippen MR) is 391 cm³/mol. The van der Waals surface area contributed by atoms with E-state index < -0.39 is 114 Å². The van der Waals surface area contributed by atoms with Crippen LogP contribution in [0.1, 0.15) is 145 Å². The zero-order valence-corrected chi connectivity index (χ0v) is 63.7. The topological polar surface area (TPSA) is 210 Å². The van der Waals surface area contributed by atoms with Crippen molar-refractivity contribution in [3.63, 3.8) is 0 Å². The third-order valence-electron chi connectivity index (χ3n) is 20.8. The Morgan fingerprint density at radius 3 is 2.26 bits per heavy atom. The summed E-state index contributed by atoms with van der Waals surface area (Å²) in [6, 6.07) is 15.1. The van der Waals surface area contributed by atoms with E-state index in [0.29, 0.717) is 58.8 Å². The van der Waals surface area contributed by atoms with Gasteiger partial charge in [-0.1, -0.05) is 105 Å². The van der Waals surface area contributed by atoms with Gasteiger partial charge in [-0.15, -0.1) is 16.9 Å². The first kappa shape index (κ1) is 77.1. The average Bonchev–Trinajstić information content (AvgIpc) is 1.44. The van der Waals surface area contributed by atoms with Gasteiger partial charge in [0.25, 0.3) is 5.92 Å². The van der Waals surface area contributed by atoms with Gasteiger partial charge in [0, 0.05) is 94.1 Å². The Morgan fingerprint density at radius 2 is 1.64 bits per heavy atom. The number of fused-ring (bicyclic) bond motifs is 4. The Kier molecular flexibility index (Phi) is 23.2. The van der Waals surface area contributed by atoms with Crippen molar-refractivity contribution in [2.24, 2.45) is 10.8 Å². The molecule has 3 saturated heterocycles. The number of piperazine rings is 1. The number of hydrogen-bond acceptors (Lipinski definition) is 16. The summed E-state index contributed by atoms with van der Waals surface area (Å²) in [5, 5.41) is 17.6. The van der Waals surface area contributed by atoms with Gasteiger partial charge < -0.3 is 54.1 Å². The van der Waals surface area contributed by atoms with Gasteiger partial charge >= 0.3 is 12.1 Å². The highest BCUT2D eigenvalue weighted by Gasteiger charge is 2.72. The molecule has 1 saturated carbocycles. The van der Waals surface area contributed by atoms with E-state index in [2.05, 4.69) is 73.6 Å². The molecule has 0 spiro atoms. The van der Waals surface area contributed by atoms with Gasteiger partial charge in [0.15, 0.2) is 12.6 Å². The fraction of sp³-hybridized carbons (Fsp3) is 0.571. The van der Waals surface area contributed by atoms with Crippen LogP contribution in [-0.4, -0.2) is 181 Å². The Morgan fingerprint density at radius 1 is 0.931 bits per heavy atom. The molecule has 0 unspecified atom stereocenters. The van der Waals surface area contributed by atoms with Crippen molar-refractivity contribution < 1.29 is 65.5 Å². The number of methoxy groups -OCH3 is 1. The number of aliphatic hydroxyl groups is 1. The number of aliphatic hydroxyl groups excluding tert-OH is 1. The molecule has 6 atom stereocenters. The molecule has 3 aliphatic heterocycles. The Hall–Kier alpha value is -7.47. The van der Waals surface area contributed by atoms with Crippen molar-refractivity contribution in [1.82, 2.24) is 40.3 Å². The molecule has 3 N–H and O–H groups in total. The number of aromatic nitrogens is 3. The van der Waals surface area contributed by atoms with E-state index in [1.165, 1.54) is 18.1 Å². The summed E-state index contributed by atoms with van der Waals surface area (Å²) in [5.41, 5.74) is 5.23. The number of nitrogens with zero attached hydrogens (tertiary/aromatic N) is 7. The second-order valence-electron chi connectivity index (χ2n) is 31.6. The van der Waals surface area contributed by atoms with E-state index in [1.54, 1.807) is 87.4 Å². The van der Waals surface area contributed by atoms with Crippen LogP contribution in [0.4, 0.5) is 28.2 Å². The van der Waals surface area contributed by atoms with Gasteiger partial charge in [0.1, 0.15) is 55.3 Å². The average molecular weight is 1450 g/mol. The number of benzene rings is 4. The number of rotatable bonds is 26. The summed E-state index contributed by atoms with van der Waals surface area (Å²) >= 11 is 1.55. The molecule has 0 radical (unpaired) electrons. The van der Waals surface area contributed by atoms with Crippen LogP contribution < -0.4 is 25.0 Å². The maximum absolute atomic E-state index is 18.4. The van der Waals surface area contributed by atoms with Crippen molar-refractivity contribution in [2.45, 2.75) is 200 Å². The maximum Gasteiger partial charge on any atom is 0.411 e. The van der Waals surface area contributed by atoms with Crippen LogP contribution in [0, 0.1) is 40.9 Å². The molecule has 2 aromatic heterocycles. The van der Waals surface area contributed by atoms with Crippen LogP contribution >= 0.6 is 11.3 Å². The number of halogens is 4. The number of alkyl halides is 2. The van der Waals surface area contributed by atoms with Crippen molar-refractivity contribution in [3.8, 4) is 44.8 Å². The number of carbonyl (C=O) groups excluding carboxylic acids is 4. The molecule has 2 bridgehead atoms. The Bertz CT molecular complexity index is 4110. The monoisotopic (exact) mass is 1450 g/mol. The van der Waals surface area contributed by atoms with Gasteiger partial charge in [0.05, 0.1) is 51.4 Å².